The van der Waals surface area contributed by atoms with Crippen LogP contribution in [0.15, 0.2) is 94.1 Å². The number of aliphatic hydroxyl groups excluding tert-OH is 1. The molecule has 7 heteroatoms. The van der Waals surface area contributed by atoms with E-state index in [2.05, 4.69) is 5.32 Å². The molecular weight excluding hydrogens is 458 g/mol. The molecule has 0 saturated carbocycles. The van der Waals surface area contributed by atoms with Gasteiger partial charge in [-0.05, 0) is 30.7 Å². The zero-order valence-electron chi connectivity index (χ0n) is 19.9. The van der Waals surface area contributed by atoms with Crippen molar-refractivity contribution in [2.24, 2.45) is 0 Å². The third-order valence-electron chi connectivity index (χ3n) is 5.56. The van der Waals surface area contributed by atoms with Crippen molar-refractivity contribution in [2.75, 3.05) is 19.7 Å². The van der Waals surface area contributed by atoms with E-state index in [0.29, 0.717) is 41.9 Å². The molecule has 0 aliphatic heterocycles. The summed E-state index contributed by atoms with van der Waals surface area (Å²) in [5.41, 5.74) is 1.98. The second kappa shape index (κ2) is 12.7. The molecule has 0 radical (unpaired) electrons. The molecule has 7 nitrogen and oxygen atoms in total. The van der Waals surface area contributed by atoms with Crippen LogP contribution < -0.4 is 15.5 Å². The van der Waals surface area contributed by atoms with Gasteiger partial charge in [-0.25, -0.2) is 0 Å². The van der Waals surface area contributed by atoms with Gasteiger partial charge in [0, 0.05) is 24.6 Å². The summed E-state index contributed by atoms with van der Waals surface area (Å²) >= 11 is 0. The van der Waals surface area contributed by atoms with Gasteiger partial charge in [-0.2, -0.15) is 0 Å². The van der Waals surface area contributed by atoms with Crippen LogP contribution in [0.5, 0.6) is 5.75 Å². The minimum atomic E-state index is -0.791. The van der Waals surface area contributed by atoms with Crippen LogP contribution in [0.3, 0.4) is 0 Å². The maximum Gasteiger partial charge on any atom is 0.306 e. The standard InChI is InChI=1S/C29H29NO6/c31-23(18-30-16-8-15-28(33)35-19-21-9-3-1-4-10-21)20-34-25-13-7-14-26-29(25)24(32)17-27(36-26)22-11-5-2-6-12-22/h1-7,9-14,17,23,30-31H,8,15-16,18-20H2. The highest BCUT2D eigenvalue weighted by atomic mass is 16.5. The topological polar surface area (TPSA) is 98.0 Å². The molecule has 0 aliphatic carbocycles. The summed E-state index contributed by atoms with van der Waals surface area (Å²) in [7, 11) is 0. The van der Waals surface area contributed by atoms with E-state index in [1.54, 1.807) is 18.2 Å². The van der Waals surface area contributed by atoms with E-state index in [9.17, 15) is 14.7 Å². The lowest BCUT2D eigenvalue weighted by Crippen LogP contribution is -2.32. The molecular formula is C29H29NO6. The fourth-order valence-corrected chi connectivity index (χ4v) is 3.72. The molecule has 1 unspecified atom stereocenters. The number of nitrogens with one attached hydrogen (secondary N) is 1. The Hall–Kier alpha value is -3.94. The predicted molar refractivity (Wildman–Crippen MR) is 138 cm³/mol. The summed E-state index contributed by atoms with van der Waals surface area (Å²) in [5.74, 6) is 0.592. The van der Waals surface area contributed by atoms with Crippen LogP contribution in [0, 0.1) is 0 Å². The van der Waals surface area contributed by atoms with Crippen LogP contribution in [0.25, 0.3) is 22.3 Å². The summed E-state index contributed by atoms with van der Waals surface area (Å²) in [6.07, 6.45) is 0.0966. The number of benzene rings is 3. The van der Waals surface area contributed by atoms with E-state index >= 15 is 0 Å². The van der Waals surface area contributed by atoms with Gasteiger partial charge in [-0.1, -0.05) is 66.7 Å². The monoisotopic (exact) mass is 487 g/mol. The second-order valence-corrected chi connectivity index (χ2v) is 8.39. The summed E-state index contributed by atoms with van der Waals surface area (Å²) in [4.78, 5) is 24.7. The Bertz CT molecular complexity index is 1320. The molecule has 1 aromatic heterocycles. The van der Waals surface area contributed by atoms with Crippen LogP contribution in [-0.2, 0) is 16.1 Å². The number of aliphatic hydroxyl groups is 1. The van der Waals surface area contributed by atoms with E-state index in [4.69, 9.17) is 13.9 Å². The van der Waals surface area contributed by atoms with Crippen molar-refractivity contribution in [3.8, 4) is 17.1 Å². The molecule has 0 fully saturated rings. The number of hydrogen-bond acceptors (Lipinski definition) is 7. The quantitative estimate of drug-likeness (QED) is 0.227. The zero-order chi connectivity index (χ0) is 25.2. The zero-order valence-corrected chi connectivity index (χ0v) is 19.9. The van der Waals surface area contributed by atoms with Gasteiger partial charge in [-0.15, -0.1) is 0 Å². The van der Waals surface area contributed by atoms with Gasteiger partial charge in [0.15, 0.2) is 5.43 Å². The number of carbonyl (C=O) groups excluding carboxylic acids is 1. The highest BCUT2D eigenvalue weighted by Crippen LogP contribution is 2.27. The highest BCUT2D eigenvalue weighted by molar-refractivity contribution is 5.84. The number of ether oxygens (including phenoxy) is 2. The van der Waals surface area contributed by atoms with Crippen LogP contribution in [0.1, 0.15) is 18.4 Å². The van der Waals surface area contributed by atoms with Gasteiger partial charge in [0.05, 0.1) is 0 Å². The minimum Gasteiger partial charge on any atom is -0.490 e. The first kappa shape index (κ1) is 25.2. The molecule has 0 saturated heterocycles. The average molecular weight is 488 g/mol. The maximum absolute atomic E-state index is 12.8. The van der Waals surface area contributed by atoms with Crippen molar-refractivity contribution >= 4 is 16.9 Å². The van der Waals surface area contributed by atoms with E-state index in [1.807, 2.05) is 60.7 Å². The Morgan fingerprint density at radius 1 is 0.972 bits per heavy atom. The molecule has 0 bridgehead atoms. The molecule has 1 heterocycles. The molecule has 1 atom stereocenters. The molecule has 0 spiro atoms. The first-order valence-corrected chi connectivity index (χ1v) is 11.9. The van der Waals surface area contributed by atoms with Gasteiger partial charge >= 0.3 is 5.97 Å². The Balaban J connectivity index is 1.21. The van der Waals surface area contributed by atoms with Crippen LogP contribution in [0.2, 0.25) is 0 Å². The number of esters is 1. The van der Waals surface area contributed by atoms with Crippen molar-refractivity contribution in [2.45, 2.75) is 25.6 Å². The molecule has 3 aromatic carbocycles. The Morgan fingerprint density at radius 3 is 2.50 bits per heavy atom. The van der Waals surface area contributed by atoms with E-state index in [0.717, 1.165) is 11.1 Å². The second-order valence-electron chi connectivity index (χ2n) is 8.39. The molecule has 0 aliphatic rings. The first-order valence-electron chi connectivity index (χ1n) is 11.9. The van der Waals surface area contributed by atoms with Crippen molar-refractivity contribution in [1.29, 1.82) is 0 Å². The summed E-state index contributed by atoms with van der Waals surface area (Å²) < 4.78 is 16.9. The van der Waals surface area contributed by atoms with Crippen LogP contribution in [0.4, 0.5) is 0 Å². The number of rotatable bonds is 12. The lowest BCUT2D eigenvalue weighted by molar-refractivity contribution is -0.145. The fraction of sp³-hybridized carbons (Fsp3) is 0.241. The Labute approximate surface area is 209 Å². The van der Waals surface area contributed by atoms with Crippen molar-refractivity contribution < 1.29 is 23.8 Å². The number of hydrogen-bond donors (Lipinski definition) is 2. The smallest absolute Gasteiger partial charge is 0.306 e. The summed E-state index contributed by atoms with van der Waals surface area (Å²) in [6.45, 7) is 1.11. The number of carbonyl (C=O) groups is 1. The Morgan fingerprint density at radius 2 is 1.72 bits per heavy atom. The number of fused-ring (bicyclic) bond motifs is 1. The van der Waals surface area contributed by atoms with Gasteiger partial charge < -0.3 is 24.3 Å². The summed E-state index contributed by atoms with van der Waals surface area (Å²) in [5, 5.41) is 13.7. The largest absolute Gasteiger partial charge is 0.490 e. The fourth-order valence-electron chi connectivity index (χ4n) is 3.72. The lowest BCUT2D eigenvalue weighted by atomic mass is 10.1. The van der Waals surface area contributed by atoms with Crippen LogP contribution >= 0.6 is 0 Å². The summed E-state index contributed by atoms with van der Waals surface area (Å²) in [6, 6.07) is 25.6. The van der Waals surface area contributed by atoms with Gasteiger partial charge in [0.2, 0.25) is 0 Å². The molecule has 186 valence electrons. The molecule has 2 N–H and O–H groups in total. The van der Waals surface area contributed by atoms with Gasteiger partial charge in [-0.3, -0.25) is 9.59 Å². The van der Waals surface area contributed by atoms with E-state index in [1.165, 1.54) is 6.07 Å². The molecule has 4 aromatic rings. The van der Waals surface area contributed by atoms with E-state index < -0.39 is 6.10 Å². The minimum absolute atomic E-state index is 0.00507. The molecule has 4 rings (SSSR count). The van der Waals surface area contributed by atoms with Crippen molar-refractivity contribution in [3.63, 3.8) is 0 Å². The SMILES string of the molecule is O=C(CCCNCC(O)COc1cccc2oc(-c3ccccc3)cc(=O)c12)OCc1ccccc1. The molecule has 36 heavy (non-hydrogen) atoms. The average Bonchev–Trinajstić information content (AvgIpc) is 2.91. The van der Waals surface area contributed by atoms with Gasteiger partial charge in [0.1, 0.15) is 41.8 Å². The third-order valence-corrected chi connectivity index (χ3v) is 5.56. The van der Waals surface area contributed by atoms with Crippen LogP contribution in [-0.4, -0.2) is 36.9 Å². The highest BCUT2D eigenvalue weighted by Gasteiger charge is 2.13. The third kappa shape index (κ3) is 7.04. The van der Waals surface area contributed by atoms with Crippen molar-refractivity contribution in [1.82, 2.24) is 5.32 Å². The normalized spacial score (nSPS) is 11.8. The van der Waals surface area contributed by atoms with E-state index in [-0.39, 0.29) is 31.2 Å². The maximum atomic E-state index is 12.8. The lowest BCUT2D eigenvalue weighted by Gasteiger charge is -2.14. The van der Waals surface area contributed by atoms with Gasteiger partial charge in [0.25, 0.3) is 0 Å². The predicted octanol–water partition coefficient (Wildman–Crippen LogP) is 4.31. The first-order chi connectivity index (χ1) is 17.6. The molecule has 0 amide bonds. The Kier molecular flexibility index (Phi) is 8.86. The van der Waals surface area contributed by atoms with Crippen molar-refractivity contribution in [3.05, 3.63) is 101 Å².